The van der Waals surface area contributed by atoms with Gasteiger partial charge in [0, 0.05) is 18.4 Å². The van der Waals surface area contributed by atoms with Crippen LogP contribution in [0.2, 0.25) is 0 Å². The van der Waals surface area contributed by atoms with Crippen molar-refractivity contribution in [2.75, 3.05) is 46.2 Å². The van der Waals surface area contributed by atoms with Crippen molar-refractivity contribution in [1.29, 1.82) is 0 Å². The van der Waals surface area contributed by atoms with Gasteiger partial charge in [-0.15, -0.1) is 0 Å². The highest BCUT2D eigenvalue weighted by Crippen LogP contribution is 2.66. The predicted molar refractivity (Wildman–Crippen MR) is 312 cm³/mol. The first-order valence-corrected chi connectivity index (χ1v) is 33.0. The Labute approximate surface area is 551 Å². The first kappa shape index (κ1) is 76.2. The van der Waals surface area contributed by atoms with Crippen LogP contribution in [0.1, 0.15) is 79.1 Å². The summed E-state index contributed by atoms with van der Waals surface area (Å²) in [6, 6.07) is 0. The summed E-state index contributed by atoms with van der Waals surface area (Å²) in [6.45, 7) is 2.48. The maximum Gasteiger partial charge on any atom is 0.187 e. The minimum absolute atomic E-state index is 0.0121. The summed E-state index contributed by atoms with van der Waals surface area (Å²) in [6.07, 6.45) is -51.0. The van der Waals surface area contributed by atoms with E-state index in [0.29, 0.717) is 36.8 Å². The minimum atomic E-state index is -2.25. The Hall–Kier alpha value is -2.46. The lowest BCUT2D eigenvalue weighted by Gasteiger charge is -2.58. The molecule has 0 radical (unpaired) electrons. The first-order valence-electron chi connectivity index (χ1n) is 33.0. The number of Topliss-reactive ketones (excluding diaryl/α,β-unsaturated/α-hetero) is 2. The van der Waals surface area contributed by atoms with Crippen LogP contribution in [0, 0.1) is 34.5 Å². The number of rotatable bonds is 22. The van der Waals surface area contributed by atoms with E-state index in [1.165, 1.54) is 0 Å². The number of ketones is 2. The topological polar surface area (TPSA) is 550 Å². The van der Waals surface area contributed by atoms with Gasteiger partial charge in [-0.1, -0.05) is 32.4 Å². The smallest absolute Gasteiger partial charge is 0.187 e. The van der Waals surface area contributed by atoms with Gasteiger partial charge in [-0.2, -0.15) is 0 Å². The van der Waals surface area contributed by atoms with E-state index in [4.69, 9.17) is 56.8 Å². The van der Waals surface area contributed by atoms with Gasteiger partial charge in [0.2, 0.25) is 0 Å². The second-order valence-electron chi connectivity index (χ2n) is 28.1. The maximum atomic E-state index is 14.2. The summed E-state index contributed by atoms with van der Waals surface area (Å²) in [5.41, 5.74) is 0.627. The van der Waals surface area contributed by atoms with Crippen LogP contribution in [0.3, 0.4) is 0 Å². The van der Waals surface area contributed by atoms with Crippen molar-refractivity contribution in [2.24, 2.45) is 34.5 Å². The Morgan fingerprint density at radius 2 is 1.02 bits per heavy atom. The van der Waals surface area contributed by atoms with Gasteiger partial charge in [0.25, 0.3) is 0 Å². The minimum Gasteiger partial charge on any atom is -0.394 e. The van der Waals surface area contributed by atoms with Gasteiger partial charge >= 0.3 is 0 Å². The van der Waals surface area contributed by atoms with Crippen LogP contribution in [0.25, 0.3) is 0 Å². The summed E-state index contributed by atoms with van der Waals surface area (Å²) in [4.78, 5) is 28.1. The van der Waals surface area contributed by atoms with Gasteiger partial charge in [-0.25, -0.2) is 0 Å². The standard InChI is InChI=1S/C62H98O34/c1-21(19-85-55-47(81)43(77)39(73)32(14-63)88-55)5-8-27(68)22(2)37-28(69)12-26-24-7-6-23-11-31(29(70)13-62(23,4)25(24)9-10-61(26,37)3)87-57-49(83)45(79)51(36(18-67)92-57)93-60-54(53(42(76)35(17-66)91-60)95-56-46(80)38(72)30(71)20-86-56)96-59-50(84)52(41(75)34(16-65)90-59)94-58-48(82)44(78)40(74)33(15-64)89-58/h6,21,24-26,29-36,38-60,63-67,70-84H,5,7-20H2,1-4H3/b37-22+/t21-,24-,25+,26+,29-,30-,31-,32-,33-,34-,35-,36-,38+,39-,40-,41-,42-,43+,44+,45-,46-,47-,48-,49-,50-,51+,52+,53+,54-,55-,56+,57-,58+,59+,60+,61+,62+/m1/s1. The van der Waals surface area contributed by atoms with Crippen molar-refractivity contribution in [2.45, 2.75) is 269 Å². The summed E-state index contributed by atoms with van der Waals surface area (Å²) in [7, 11) is 0. The number of ether oxygens (including phenoxy) is 12. The predicted octanol–water partition coefficient (Wildman–Crippen LogP) is -8.66. The Morgan fingerprint density at radius 3 is 1.65 bits per heavy atom. The van der Waals surface area contributed by atoms with E-state index >= 15 is 0 Å². The van der Waals surface area contributed by atoms with Crippen LogP contribution in [0.4, 0.5) is 0 Å². The summed E-state index contributed by atoms with van der Waals surface area (Å²) in [5.74, 6) is -0.690. The second-order valence-corrected chi connectivity index (χ2v) is 28.1. The van der Waals surface area contributed by atoms with Crippen molar-refractivity contribution in [3.63, 3.8) is 0 Å². The van der Waals surface area contributed by atoms with Crippen LogP contribution in [-0.2, 0) is 66.4 Å². The molecule has 3 saturated carbocycles. The highest BCUT2D eigenvalue weighted by molar-refractivity contribution is 6.08. The molecule has 0 aromatic rings. The van der Waals surface area contributed by atoms with Crippen LogP contribution < -0.4 is 0 Å². The van der Waals surface area contributed by atoms with E-state index in [2.05, 4.69) is 13.0 Å². The van der Waals surface area contributed by atoms with E-state index in [-0.39, 0.29) is 67.5 Å². The molecule has 6 aliphatic heterocycles. The Bertz CT molecular complexity index is 2670. The second kappa shape index (κ2) is 31.2. The number of aliphatic hydroxyl groups excluding tert-OH is 20. The number of allylic oxidation sites excluding steroid dienone is 3. The lowest BCUT2D eigenvalue weighted by molar-refractivity contribution is -0.409. The van der Waals surface area contributed by atoms with Gasteiger partial charge in [0.05, 0.1) is 58.5 Å². The fourth-order valence-electron chi connectivity index (χ4n) is 16.3. The summed E-state index contributed by atoms with van der Waals surface area (Å²) in [5, 5.41) is 216. The molecule has 20 N–H and O–H groups in total. The van der Waals surface area contributed by atoms with Crippen molar-refractivity contribution in [1.82, 2.24) is 0 Å². The Balaban J connectivity index is 0.817. The molecule has 0 unspecified atom stereocenters. The number of hydrogen-bond donors (Lipinski definition) is 20. The molecular formula is C62H98O34. The molecule has 34 heteroatoms. The van der Waals surface area contributed by atoms with Crippen LogP contribution in [-0.4, -0.2) is 350 Å². The Kier molecular flexibility index (Phi) is 24.8. The molecule has 0 aromatic heterocycles. The molecule has 10 rings (SSSR count). The molecule has 37 atom stereocenters. The highest BCUT2D eigenvalue weighted by Gasteiger charge is 2.63. The van der Waals surface area contributed by atoms with E-state index < -0.39 is 241 Å². The SMILES string of the molecule is C/C(C(=O)CC[C@@H](C)CO[C@@H]1O[C@H](CO)[C@@H](O)[C@H](O)[C@H]1O)=C1/C(=O)C[C@H]2[C@@H]3CC=C4C[C@@H](O[C@@H]5O[C@H](CO)[C@H](O[C@@H]6O[C@H](CO)[C@@H](O)[C@H](O[C@@H]7OC[C@@H](O)[C@H](O)[C@H]7O)[C@H]6O[C@@H]6O[C@H](CO)[C@@H](O)[C@H](O[C@@H]7O[C@H](CO)[C@@H](O)[C@H](O)[C@H]7O)[C@H]6O)[C@H](O)[C@H]5O)[C@H](O)C[C@]4(C)[C@H]3CC[C@]12C. The third-order valence-electron chi connectivity index (χ3n) is 22.0. The van der Waals surface area contributed by atoms with Crippen LogP contribution in [0.15, 0.2) is 22.8 Å². The number of carbonyl (C=O) groups is 2. The third-order valence-corrected chi connectivity index (χ3v) is 22.0. The van der Waals surface area contributed by atoms with Crippen molar-refractivity contribution < 1.29 is 169 Å². The first-order chi connectivity index (χ1) is 45.5. The molecular weight excluding hydrogens is 1290 g/mol. The number of carbonyl (C=O) groups excluding carboxylic acids is 2. The van der Waals surface area contributed by atoms with Gasteiger partial charge in [0.1, 0.15) is 140 Å². The van der Waals surface area contributed by atoms with E-state index in [0.717, 1.165) is 5.57 Å². The van der Waals surface area contributed by atoms with Gasteiger partial charge < -0.3 is 159 Å². The van der Waals surface area contributed by atoms with E-state index in [1.54, 1.807) is 6.92 Å². The summed E-state index contributed by atoms with van der Waals surface area (Å²) >= 11 is 0. The van der Waals surface area contributed by atoms with Crippen molar-refractivity contribution >= 4 is 11.6 Å². The zero-order valence-electron chi connectivity index (χ0n) is 53.6. The molecule has 0 amide bonds. The van der Waals surface area contributed by atoms with Gasteiger partial charge in [-0.05, 0) is 85.5 Å². The number of aliphatic hydroxyl groups is 20. The van der Waals surface area contributed by atoms with Gasteiger partial charge in [0.15, 0.2) is 49.3 Å². The average molecular weight is 1390 g/mol. The lowest BCUT2D eigenvalue weighted by atomic mass is 9.47. The monoisotopic (exact) mass is 1390 g/mol. The molecule has 96 heavy (non-hydrogen) atoms. The maximum absolute atomic E-state index is 14.2. The molecule has 0 spiro atoms. The Morgan fingerprint density at radius 1 is 0.521 bits per heavy atom. The molecule has 0 aromatic carbocycles. The van der Waals surface area contributed by atoms with Crippen LogP contribution in [0.5, 0.6) is 0 Å². The zero-order valence-corrected chi connectivity index (χ0v) is 53.6. The fraction of sp³-hybridized carbons (Fsp3) is 0.903. The van der Waals surface area contributed by atoms with E-state index in [9.17, 15) is 112 Å². The lowest BCUT2D eigenvalue weighted by Crippen LogP contribution is -2.69. The summed E-state index contributed by atoms with van der Waals surface area (Å²) < 4.78 is 70.4. The molecule has 9 fully saturated rings. The van der Waals surface area contributed by atoms with Gasteiger partial charge in [-0.3, -0.25) is 9.59 Å². The fourth-order valence-corrected chi connectivity index (χ4v) is 16.3. The quantitative estimate of drug-likeness (QED) is 0.0354. The highest BCUT2D eigenvalue weighted by atomic mass is 16.8. The van der Waals surface area contributed by atoms with Crippen molar-refractivity contribution in [3.05, 3.63) is 22.8 Å². The number of hydrogen-bond acceptors (Lipinski definition) is 34. The molecule has 4 aliphatic carbocycles. The molecule has 6 saturated heterocycles. The zero-order chi connectivity index (χ0) is 69.9. The van der Waals surface area contributed by atoms with Crippen LogP contribution >= 0.6 is 0 Å². The average Bonchev–Trinajstić information content (AvgIpc) is 1.44. The third kappa shape index (κ3) is 14.6. The number of fused-ring (bicyclic) bond motifs is 5. The molecule has 10 aliphatic rings. The largest absolute Gasteiger partial charge is 0.394 e. The molecule has 6 heterocycles. The molecule has 550 valence electrons. The van der Waals surface area contributed by atoms with E-state index in [1.807, 2.05) is 13.8 Å². The molecule has 34 nitrogen and oxygen atoms in total. The van der Waals surface area contributed by atoms with Crippen molar-refractivity contribution in [3.8, 4) is 0 Å². The normalized spacial score (nSPS) is 50.8. The molecule has 0 bridgehead atoms.